The Morgan fingerprint density at radius 1 is 0.325 bits per heavy atom. The average molecular weight is 529 g/mol. The zero-order chi connectivity index (χ0) is 27.4. The lowest BCUT2D eigenvalue weighted by Gasteiger charge is -2.17. The second kappa shape index (κ2) is 9.35. The Bertz CT molecular complexity index is 2080. The molecule has 0 bridgehead atoms. The van der Waals surface area contributed by atoms with Gasteiger partial charge in [-0.15, -0.1) is 0 Å². The quantitative estimate of drug-likeness (QED) is 0.158. The summed E-state index contributed by atoms with van der Waals surface area (Å²) < 4.78 is 63.1. The standard InChI is InChI=1S/C36H20F4/c37-33-31(29-15-7-11-22-9-3-4-12-25(22)29)34(38)36(40)32(35(33)39)30-19-18-26(27-13-5-6-14-28(27)30)24-17-16-21-8-1-2-10-23(21)20-24/h1-20H. The fourth-order valence-corrected chi connectivity index (χ4v) is 5.67. The van der Waals surface area contributed by atoms with Crippen LogP contribution in [0.25, 0.3) is 65.7 Å². The van der Waals surface area contributed by atoms with E-state index >= 15 is 17.6 Å². The maximum atomic E-state index is 15.8. The molecule has 0 heterocycles. The van der Waals surface area contributed by atoms with Crippen LogP contribution >= 0.6 is 0 Å². The minimum Gasteiger partial charge on any atom is -0.203 e. The topological polar surface area (TPSA) is 0 Å². The molecular weight excluding hydrogens is 508 g/mol. The van der Waals surface area contributed by atoms with Crippen LogP contribution in [0.4, 0.5) is 17.6 Å². The van der Waals surface area contributed by atoms with Crippen LogP contribution in [0.2, 0.25) is 0 Å². The molecule has 0 unspecified atom stereocenters. The van der Waals surface area contributed by atoms with Gasteiger partial charge in [-0.05, 0) is 60.6 Å². The highest BCUT2D eigenvalue weighted by Gasteiger charge is 2.29. The molecule has 0 aliphatic rings. The van der Waals surface area contributed by atoms with Crippen molar-refractivity contribution in [3.8, 4) is 33.4 Å². The van der Waals surface area contributed by atoms with Crippen LogP contribution in [0.5, 0.6) is 0 Å². The van der Waals surface area contributed by atoms with Crippen LogP contribution in [-0.4, -0.2) is 0 Å². The third-order valence-electron chi connectivity index (χ3n) is 7.58. The predicted molar refractivity (Wildman–Crippen MR) is 155 cm³/mol. The molecule has 0 aliphatic heterocycles. The number of hydrogen-bond donors (Lipinski definition) is 0. The van der Waals surface area contributed by atoms with E-state index in [0.717, 1.165) is 21.9 Å². The molecule has 0 nitrogen and oxygen atoms in total. The van der Waals surface area contributed by atoms with E-state index in [2.05, 4.69) is 6.07 Å². The van der Waals surface area contributed by atoms with E-state index in [1.54, 1.807) is 54.6 Å². The van der Waals surface area contributed by atoms with Crippen LogP contribution in [0.1, 0.15) is 0 Å². The highest BCUT2D eigenvalue weighted by atomic mass is 19.2. The highest BCUT2D eigenvalue weighted by Crippen LogP contribution is 2.43. The molecule has 0 amide bonds. The van der Waals surface area contributed by atoms with E-state index in [1.807, 2.05) is 48.5 Å². The van der Waals surface area contributed by atoms with Gasteiger partial charge in [0.25, 0.3) is 0 Å². The first-order valence-electron chi connectivity index (χ1n) is 12.9. The minimum atomic E-state index is -1.43. The monoisotopic (exact) mass is 528 g/mol. The van der Waals surface area contributed by atoms with E-state index in [0.29, 0.717) is 21.5 Å². The lowest BCUT2D eigenvalue weighted by Crippen LogP contribution is -2.04. The molecule has 0 spiro atoms. The largest absolute Gasteiger partial charge is 0.203 e. The van der Waals surface area contributed by atoms with Gasteiger partial charge in [0.15, 0.2) is 23.3 Å². The number of fused-ring (bicyclic) bond motifs is 3. The zero-order valence-corrected chi connectivity index (χ0v) is 21.1. The minimum absolute atomic E-state index is 0.0809. The zero-order valence-electron chi connectivity index (χ0n) is 21.1. The maximum absolute atomic E-state index is 15.8. The predicted octanol–water partition coefficient (Wildman–Crippen LogP) is 10.7. The van der Waals surface area contributed by atoms with Crippen molar-refractivity contribution in [1.82, 2.24) is 0 Å². The molecule has 0 saturated carbocycles. The summed E-state index contributed by atoms with van der Waals surface area (Å²) in [5, 5.41) is 4.56. The Balaban J connectivity index is 1.45. The molecule has 0 aromatic heterocycles. The van der Waals surface area contributed by atoms with Gasteiger partial charge in [0, 0.05) is 0 Å². The van der Waals surface area contributed by atoms with Gasteiger partial charge < -0.3 is 0 Å². The number of halogens is 4. The maximum Gasteiger partial charge on any atom is 0.170 e. The average Bonchev–Trinajstić information content (AvgIpc) is 3.00. The lowest BCUT2D eigenvalue weighted by molar-refractivity contribution is 0.463. The van der Waals surface area contributed by atoms with Crippen molar-refractivity contribution in [3.63, 3.8) is 0 Å². The Labute approximate surface area is 227 Å². The van der Waals surface area contributed by atoms with E-state index in [-0.39, 0.29) is 11.1 Å². The van der Waals surface area contributed by atoms with E-state index in [4.69, 9.17) is 0 Å². The van der Waals surface area contributed by atoms with Crippen molar-refractivity contribution < 1.29 is 17.6 Å². The molecular formula is C36H20F4. The number of benzene rings is 7. The van der Waals surface area contributed by atoms with Crippen molar-refractivity contribution >= 4 is 32.3 Å². The van der Waals surface area contributed by atoms with Crippen LogP contribution in [-0.2, 0) is 0 Å². The smallest absolute Gasteiger partial charge is 0.170 e. The van der Waals surface area contributed by atoms with Crippen LogP contribution in [0, 0.1) is 23.3 Å². The summed E-state index contributed by atoms with van der Waals surface area (Å²) >= 11 is 0. The van der Waals surface area contributed by atoms with Gasteiger partial charge in [0.2, 0.25) is 0 Å². The summed E-state index contributed by atoms with van der Waals surface area (Å²) in [6, 6.07) is 36.2. The molecule has 0 fully saturated rings. The van der Waals surface area contributed by atoms with Crippen molar-refractivity contribution in [2.75, 3.05) is 0 Å². The molecule has 7 aromatic carbocycles. The molecule has 0 radical (unpaired) electrons. The van der Waals surface area contributed by atoms with Crippen LogP contribution < -0.4 is 0 Å². The van der Waals surface area contributed by atoms with Crippen molar-refractivity contribution in [2.45, 2.75) is 0 Å². The van der Waals surface area contributed by atoms with Gasteiger partial charge in [0.05, 0.1) is 11.1 Å². The summed E-state index contributed by atoms with van der Waals surface area (Å²) in [5.74, 6) is -5.70. The molecule has 0 N–H and O–H groups in total. The Morgan fingerprint density at radius 2 is 0.800 bits per heavy atom. The molecule has 0 aliphatic carbocycles. The first-order valence-corrected chi connectivity index (χ1v) is 12.9. The summed E-state index contributed by atoms with van der Waals surface area (Å²) in [5.41, 5.74) is 0.504. The lowest BCUT2D eigenvalue weighted by atomic mass is 9.89. The van der Waals surface area contributed by atoms with Crippen LogP contribution in [0.3, 0.4) is 0 Å². The van der Waals surface area contributed by atoms with Gasteiger partial charge in [-0.3, -0.25) is 0 Å². The van der Waals surface area contributed by atoms with Gasteiger partial charge in [-0.1, -0.05) is 115 Å². The molecule has 0 atom stereocenters. The third kappa shape index (κ3) is 3.68. The summed E-state index contributed by atoms with van der Waals surface area (Å²) in [7, 11) is 0. The van der Waals surface area contributed by atoms with Crippen LogP contribution in [0.15, 0.2) is 121 Å². The number of rotatable bonds is 3. The van der Waals surface area contributed by atoms with E-state index < -0.39 is 34.4 Å². The molecule has 0 saturated heterocycles. The molecule has 4 heteroatoms. The fraction of sp³-hybridized carbons (Fsp3) is 0. The fourth-order valence-electron chi connectivity index (χ4n) is 5.67. The van der Waals surface area contributed by atoms with E-state index in [9.17, 15) is 0 Å². The molecule has 192 valence electrons. The second-order valence-corrected chi connectivity index (χ2v) is 9.80. The van der Waals surface area contributed by atoms with Gasteiger partial charge in [0.1, 0.15) is 0 Å². The van der Waals surface area contributed by atoms with Crippen molar-refractivity contribution in [2.24, 2.45) is 0 Å². The molecule has 40 heavy (non-hydrogen) atoms. The van der Waals surface area contributed by atoms with Crippen molar-refractivity contribution in [1.29, 1.82) is 0 Å². The summed E-state index contributed by atoms with van der Waals surface area (Å²) in [6.07, 6.45) is 0. The first-order chi connectivity index (χ1) is 19.5. The highest BCUT2D eigenvalue weighted by molar-refractivity contribution is 6.06. The second-order valence-electron chi connectivity index (χ2n) is 9.80. The number of hydrogen-bond acceptors (Lipinski definition) is 0. The third-order valence-corrected chi connectivity index (χ3v) is 7.58. The van der Waals surface area contributed by atoms with Gasteiger partial charge >= 0.3 is 0 Å². The Morgan fingerprint density at radius 3 is 1.48 bits per heavy atom. The van der Waals surface area contributed by atoms with Gasteiger partial charge in [-0.25, -0.2) is 17.6 Å². The molecule has 7 aromatic rings. The Hall–Kier alpha value is -4.96. The van der Waals surface area contributed by atoms with Gasteiger partial charge in [-0.2, -0.15) is 0 Å². The normalized spacial score (nSPS) is 11.5. The summed E-state index contributed by atoms with van der Waals surface area (Å²) in [4.78, 5) is 0. The van der Waals surface area contributed by atoms with E-state index in [1.165, 1.54) is 12.1 Å². The summed E-state index contributed by atoms with van der Waals surface area (Å²) in [6.45, 7) is 0. The first kappa shape index (κ1) is 24.1. The Kier molecular flexibility index (Phi) is 5.64. The molecule has 7 rings (SSSR count). The van der Waals surface area contributed by atoms with Crippen molar-refractivity contribution in [3.05, 3.63) is 145 Å². The SMILES string of the molecule is Fc1c(F)c(-c2ccc(-c3ccc4ccccc4c3)c3ccccc23)c(F)c(F)c1-c1cccc2ccccc12.